The van der Waals surface area contributed by atoms with Crippen molar-refractivity contribution in [3.63, 3.8) is 0 Å². The van der Waals surface area contributed by atoms with Gasteiger partial charge in [0.1, 0.15) is 23.9 Å². The number of fused-ring (bicyclic) bond motifs is 1. The summed E-state index contributed by atoms with van der Waals surface area (Å²) < 4.78 is 60.9. The highest BCUT2D eigenvalue weighted by molar-refractivity contribution is 5.95. The smallest absolute Gasteiger partial charge is 0.270 e. The molecule has 2 aromatic heterocycles. The van der Waals surface area contributed by atoms with Crippen LogP contribution in [0.5, 0.6) is 5.75 Å². The average Bonchev–Trinajstić information content (AvgIpc) is 3.55. The Morgan fingerprint density at radius 2 is 1.97 bits per heavy atom. The molecule has 3 aromatic rings. The third-order valence-corrected chi connectivity index (χ3v) is 5.77. The third kappa shape index (κ3) is 5.32. The van der Waals surface area contributed by atoms with E-state index in [-0.39, 0.29) is 42.7 Å². The van der Waals surface area contributed by atoms with Gasteiger partial charge in [0, 0.05) is 25.3 Å². The summed E-state index contributed by atoms with van der Waals surface area (Å²) in [5.41, 5.74) is 1.61. The fraction of sp³-hybridized carbons (Fsp3) is 0.417. The molecule has 0 saturated heterocycles. The Balaban J connectivity index is 1.50. The monoisotopic (exact) mass is 478 g/mol. The maximum atomic E-state index is 14.0. The molecule has 1 fully saturated rings. The topological polar surface area (TPSA) is 58.9 Å². The van der Waals surface area contributed by atoms with Crippen LogP contribution in [0.3, 0.4) is 0 Å². The summed E-state index contributed by atoms with van der Waals surface area (Å²) in [5, 5.41) is 2.79. The van der Waals surface area contributed by atoms with Crippen molar-refractivity contribution in [2.45, 2.75) is 45.8 Å². The molecule has 0 bridgehead atoms. The van der Waals surface area contributed by atoms with Gasteiger partial charge in [0.05, 0.1) is 17.8 Å². The zero-order chi connectivity index (χ0) is 24.4. The lowest BCUT2D eigenvalue weighted by molar-refractivity contribution is 0.0822. The van der Waals surface area contributed by atoms with Crippen LogP contribution in [0.1, 0.15) is 40.2 Å². The number of hydrogen-bond acceptors (Lipinski definition) is 4. The van der Waals surface area contributed by atoms with Crippen molar-refractivity contribution in [3.8, 4) is 5.75 Å². The minimum absolute atomic E-state index is 0.157. The van der Waals surface area contributed by atoms with Crippen LogP contribution in [0.15, 0.2) is 30.5 Å². The van der Waals surface area contributed by atoms with Gasteiger partial charge in [0.15, 0.2) is 11.4 Å². The van der Waals surface area contributed by atoms with E-state index >= 15 is 0 Å². The quantitative estimate of drug-likeness (QED) is 0.443. The first-order valence-electron chi connectivity index (χ1n) is 11.1. The predicted octanol–water partition coefficient (Wildman–Crippen LogP) is 4.27. The lowest BCUT2D eigenvalue weighted by Crippen LogP contribution is -2.39. The summed E-state index contributed by atoms with van der Waals surface area (Å²) in [7, 11) is 0. The number of ether oxygens (including phenoxy) is 1. The Kier molecular flexibility index (Phi) is 7.06. The molecule has 34 heavy (non-hydrogen) atoms. The number of benzene rings is 1. The summed E-state index contributed by atoms with van der Waals surface area (Å²) in [6.07, 6.45) is 1.09. The molecular weight excluding hydrogens is 452 g/mol. The van der Waals surface area contributed by atoms with Crippen LogP contribution in [-0.2, 0) is 6.61 Å². The van der Waals surface area contributed by atoms with Crippen LogP contribution in [0.2, 0.25) is 0 Å². The number of alkyl halides is 2. The van der Waals surface area contributed by atoms with E-state index in [9.17, 15) is 22.4 Å². The predicted molar refractivity (Wildman–Crippen MR) is 118 cm³/mol. The van der Waals surface area contributed by atoms with E-state index in [4.69, 9.17) is 4.74 Å². The third-order valence-electron chi connectivity index (χ3n) is 5.77. The Hall–Kier alpha value is -3.14. The molecule has 0 aliphatic heterocycles. The molecule has 0 atom stereocenters. The SMILES string of the molecule is Cc1cc(OCc2c(F)cccc2F)c2nc(C)c(C(=O)NCCN(CC(F)F)C3CC3)n2c1. The molecule has 1 aliphatic carbocycles. The number of nitrogens with one attached hydrogen (secondary N) is 1. The van der Waals surface area contributed by atoms with Crippen LogP contribution < -0.4 is 10.1 Å². The number of carbonyl (C=O) groups is 1. The molecule has 1 N–H and O–H groups in total. The average molecular weight is 478 g/mol. The van der Waals surface area contributed by atoms with E-state index in [0.717, 1.165) is 30.5 Å². The van der Waals surface area contributed by atoms with Crippen LogP contribution in [0.25, 0.3) is 5.65 Å². The Morgan fingerprint density at radius 3 is 2.62 bits per heavy atom. The fourth-order valence-corrected chi connectivity index (χ4v) is 3.99. The number of aryl methyl sites for hydroxylation is 2. The summed E-state index contributed by atoms with van der Waals surface area (Å²) in [4.78, 5) is 19.1. The normalized spacial score (nSPS) is 13.8. The van der Waals surface area contributed by atoms with Gasteiger partial charge < -0.3 is 10.1 Å². The van der Waals surface area contributed by atoms with Crippen LogP contribution in [-0.4, -0.2) is 52.3 Å². The first-order chi connectivity index (χ1) is 16.2. The molecule has 0 unspecified atom stereocenters. The maximum Gasteiger partial charge on any atom is 0.270 e. The summed E-state index contributed by atoms with van der Waals surface area (Å²) in [6.45, 7) is 3.37. The lowest BCUT2D eigenvalue weighted by Gasteiger charge is -2.21. The van der Waals surface area contributed by atoms with Gasteiger partial charge in [-0.05, 0) is 50.5 Å². The second kappa shape index (κ2) is 10.0. The van der Waals surface area contributed by atoms with Gasteiger partial charge in [-0.25, -0.2) is 22.5 Å². The van der Waals surface area contributed by atoms with Crippen molar-refractivity contribution in [2.24, 2.45) is 0 Å². The van der Waals surface area contributed by atoms with Crippen molar-refractivity contribution in [1.29, 1.82) is 0 Å². The van der Waals surface area contributed by atoms with E-state index in [2.05, 4.69) is 10.3 Å². The number of hydrogen-bond donors (Lipinski definition) is 1. The van der Waals surface area contributed by atoms with Gasteiger partial charge in [-0.1, -0.05) is 6.07 Å². The van der Waals surface area contributed by atoms with Gasteiger partial charge >= 0.3 is 0 Å². The van der Waals surface area contributed by atoms with E-state index < -0.39 is 24.0 Å². The Bertz CT molecular complexity index is 1170. The Morgan fingerprint density at radius 1 is 1.26 bits per heavy atom. The highest BCUT2D eigenvalue weighted by Crippen LogP contribution is 2.27. The first kappa shape index (κ1) is 24.0. The zero-order valence-corrected chi connectivity index (χ0v) is 19.0. The molecule has 1 saturated carbocycles. The number of rotatable bonds is 10. The van der Waals surface area contributed by atoms with Crippen molar-refractivity contribution in [3.05, 3.63) is 64.6 Å². The zero-order valence-electron chi connectivity index (χ0n) is 19.0. The van der Waals surface area contributed by atoms with Crippen molar-refractivity contribution >= 4 is 11.6 Å². The van der Waals surface area contributed by atoms with Crippen molar-refractivity contribution in [1.82, 2.24) is 19.6 Å². The van der Waals surface area contributed by atoms with Crippen LogP contribution in [0, 0.1) is 25.5 Å². The van der Waals surface area contributed by atoms with E-state index in [1.165, 1.54) is 6.07 Å². The standard InChI is InChI=1S/C24H26F4N4O2/c1-14-10-20(34-13-17-18(25)4-3-5-19(17)26)23-30-15(2)22(32(23)11-14)24(33)29-8-9-31(12-21(27)28)16-6-7-16/h3-5,10-11,16,21H,6-9,12-13H2,1-2H3,(H,29,33). The van der Waals surface area contributed by atoms with Gasteiger partial charge in [-0.2, -0.15) is 0 Å². The number of pyridine rings is 1. The largest absolute Gasteiger partial charge is 0.485 e. The molecule has 182 valence electrons. The minimum Gasteiger partial charge on any atom is -0.485 e. The van der Waals surface area contributed by atoms with Crippen LogP contribution >= 0.6 is 0 Å². The number of halogens is 4. The molecular formula is C24H26F4N4O2. The van der Waals surface area contributed by atoms with Crippen molar-refractivity contribution in [2.75, 3.05) is 19.6 Å². The van der Waals surface area contributed by atoms with Gasteiger partial charge in [0.25, 0.3) is 12.3 Å². The molecule has 0 radical (unpaired) electrons. The molecule has 1 amide bonds. The maximum absolute atomic E-state index is 14.0. The molecule has 10 heteroatoms. The second-order valence-corrected chi connectivity index (χ2v) is 8.48. The fourth-order valence-electron chi connectivity index (χ4n) is 3.99. The number of imidazole rings is 1. The van der Waals surface area contributed by atoms with Gasteiger partial charge in [-0.3, -0.25) is 14.1 Å². The number of amides is 1. The first-order valence-corrected chi connectivity index (χ1v) is 11.1. The van der Waals surface area contributed by atoms with E-state index in [0.29, 0.717) is 17.9 Å². The van der Waals surface area contributed by atoms with Crippen LogP contribution in [0.4, 0.5) is 17.6 Å². The van der Waals surface area contributed by atoms with Gasteiger partial charge in [0.2, 0.25) is 0 Å². The molecule has 6 nitrogen and oxygen atoms in total. The minimum atomic E-state index is -2.42. The lowest BCUT2D eigenvalue weighted by atomic mass is 10.2. The second-order valence-electron chi connectivity index (χ2n) is 8.48. The molecule has 0 spiro atoms. The summed E-state index contributed by atoms with van der Waals surface area (Å²) >= 11 is 0. The molecule has 4 rings (SSSR count). The van der Waals surface area contributed by atoms with E-state index in [1.54, 1.807) is 35.4 Å². The van der Waals surface area contributed by atoms with Gasteiger partial charge in [-0.15, -0.1) is 0 Å². The highest BCUT2D eigenvalue weighted by atomic mass is 19.3. The number of nitrogens with zero attached hydrogens (tertiary/aromatic N) is 3. The molecule has 2 heterocycles. The highest BCUT2D eigenvalue weighted by Gasteiger charge is 2.30. The molecule has 1 aliphatic rings. The van der Waals surface area contributed by atoms with E-state index in [1.807, 2.05) is 0 Å². The molecule has 1 aromatic carbocycles. The summed E-state index contributed by atoms with van der Waals surface area (Å²) in [6, 6.07) is 5.42. The summed E-state index contributed by atoms with van der Waals surface area (Å²) in [5.74, 6) is -1.54. The Labute approximate surface area is 194 Å². The number of aromatic nitrogens is 2. The van der Waals surface area contributed by atoms with Crippen molar-refractivity contribution < 1.29 is 27.1 Å². The number of carbonyl (C=O) groups excluding carboxylic acids is 1.